The molecule has 1 rings (SSSR count). The Kier molecular flexibility index (Phi) is 16.6. The molecule has 6 heteroatoms. The van der Waals surface area contributed by atoms with Gasteiger partial charge in [0.1, 0.15) is 0 Å². The molecule has 0 spiro atoms. The van der Waals surface area contributed by atoms with Gasteiger partial charge >= 0.3 is 0 Å². The van der Waals surface area contributed by atoms with E-state index < -0.39 is 23.9 Å². The smallest absolute Gasteiger partial charge is 0.272 e. The maximum absolute atomic E-state index is 13.4. The summed E-state index contributed by atoms with van der Waals surface area (Å²) in [5.41, 5.74) is 0.489. The van der Waals surface area contributed by atoms with E-state index in [4.69, 9.17) is 14.2 Å². The number of hydrogen-bond donors (Lipinski definition) is 0. The van der Waals surface area contributed by atoms with Gasteiger partial charge in [0, 0.05) is 0 Å². The molecule has 0 amide bonds. The van der Waals surface area contributed by atoms with Gasteiger partial charge in [0.2, 0.25) is 0 Å². The molecule has 1 atom stereocenters. The second kappa shape index (κ2) is 18.2. The molecule has 0 aliphatic rings. The van der Waals surface area contributed by atoms with Crippen LogP contribution < -0.4 is 0 Å². The van der Waals surface area contributed by atoms with Crippen molar-refractivity contribution in [3.8, 4) is 0 Å². The van der Waals surface area contributed by atoms with Gasteiger partial charge in [0.05, 0.1) is 18.3 Å². The molecule has 1 aromatic carbocycles. The SMILES string of the molecule is CCCCCCCCCC(CCCCCc1cc(F)c(F)c(F)c1)OC(OC(C)C)OC(C)C. The Labute approximate surface area is 205 Å². The molecule has 0 aliphatic carbocycles. The van der Waals surface area contributed by atoms with Gasteiger partial charge in [-0.1, -0.05) is 64.7 Å². The first kappa shape index (κ1) is 30.9. The fourth-order valence-electron chi connectivity index (χ4n) is 3.94. The summed E-state index contributed by atoms with van der Waals surface area (Å²) in [5, 5.41) is 0. The van der Waals surface area contributed by atoms with Crippen LogP contribution in [-0.2, 0) is 20.6 Å². The van der Waals surface area contributed by atoms with E-state index in [1.807, 2.05) is 27.7 Å². The highest BCUT2D eigenvalue weighted by atomic mass is 19.2. The number of halogens is 3. The normalized spacial score (nSPS) is 12.9. The van der Waals surface area contributed by atoms with Crippen LogP contribution in [0.25, 0.3) is 0 Å². The van der Waals surface area contributed by atoms with Crippen LogP contribution in [-0.4, -0.2) is 24.8 Å². The van der Waals surface area contributed by atoms with Crippen molar-refractivity contribution in [1.82, 2.24) is 0 Å². The quantitative estimate of drug-likeness (QED) is 0.104. The fraction of sp³-hybridized carbons (Fsp3) is 0.786. The van der Waals surface area contributed by atoms with E-state index >= 15 is 0 Å². The molecule has 1 unspecified atom stereocenters. The van der Waals surface area contributed by atoms with Gasteiger partial charge in [-0.15, -0.1) is 0 Å². The van der Waals surface area contributed by atoms with Crippen molar-refractivity contribution in [1.29, 1.82) is 0 Å². The van der Waals surface area contributed by atoms with Crippen LogP contribution in [0.5, 0.6) is 0 Å². The lowest BCUT2D eigenvalue weighted by Gasteiger charge is -2.27. The minimum absolute atomic E-state index is 0.000495. The fourth-order valence-corrected chi connectivity index (χ4v) is 3.94. The lowest BCUT2D eigenvalue weighted by molar-refractivity contribution is -0.327. The molecule has 0 N–H and O–H groups in total. The summed E-state index contributed by atoms with van der Waals surface area (Å²) in [6, 6.07) is 2.17. The molecule has 0 aromatic heterocycles. The second-order valence-electron chi connectivity index (χ2n) is 9.80. The minimum Gasteiger partial charge on any atom is -0.327 e. The predicted molar refractivity (Wildman–Crippen MR) is 132 cm³/mol. The van der Waals surface area contributed by atoms with Gasteiger partial charge in [-0.05, 0) is 71.1 Å². The largest absolute Gasteiger partial charge is 0.327 e. The third-order valence-corrected chi connectivity index (χ3v) is 5.73. The molecule has 34 heavy (non-hydrogen) atoms. The van der Waals surface area contributed by atoms with E-state index in [0.717, 1.165) is 50.7 Å². The molecule has 0 fully saturated rings. The van der Waals surface area contributed by atoms with Crippen molar-refractivity contribution in [3.63, 3.8) is 0 Å². The van der Waals surface area contributed by atoms with Crippen LogP contribution in [0.4, 0.5) is 13.2 Å². The van der Waals surface area contributed by atoms with E-state index in [0.29, 0.717) is 12.0 Å². The zero-order chi connectivity index (χ0) is 25.3. The molecule has 0 saturated heterocycles. The highest BCUT2D eigenvalue weighted by Gasteiger charge is 2.20. The monoisotopic (exact) mass is 488 g/mol. The Hall–Kier alpha value is -1.11. The van der Waals surface area contributed by atoms with Gasteiger partial charge in [0.25, 0.3) is 6.48 Å². The second-order valence-corrected chi connectivity index (χ2v) is 9.80. The van der Waals surface area contributed by atoms with Crippen LogP contribution in [0.1, 0.15) is 117 Å². The standard InChI is InChI=1S/C28H47F3O3/c1-6-7-8-9-10-11-14-17-24(34-28(32-21(2)3)33-22(4)5)18-15-12-13-16-23-19-25(29)27(31)26(30)20-23/h19-22,24,28H,6-18H2,1-5H3. The summed E-state index contributed by atoms with van der Waals surface area (Å²) in [6.07, 6.45) is 13.7. The molecule has 0 heterocycles. The zero-order valence-electron chi connectivity index (χ0n) is 22.0. The number of unbranched alkanes of at least 4 members (excludes halogenated alkanes) is 8. The van der Waals surface area contributed by atoms with Gasteiger partial charge in [-0.2, -0.15) is 0 Å². The molecule has 0 saturated carbocycles. The molecular weight excluding hydrogens is 441 g/mol. The lowest BCUT2D eigenvalue weighted by atomic mass is 10.0. The molecule has 0 bridgehead atoms. The number of benzene rings is 1. The molecule has 1 aromatic rings. The van der Waals surface area contributed by atoms with Gasteiger partial charge in [-0.25, -0.2) is 13.2 Å². The van der Waals surface area contributed by atoms with E-state index in [-0.39, 0.29) is 18.3 Å². The van der Waals surface area contributed by atoms with E-state index in [1.54, 1.807) is 0 Å². The number of rotatable bonds is 20. The average Bonchev–Trinajstić information content (AvgIpc) is 2.75. The van der Waals surface area contributed by atoms with Crippen molar-refractivity contribution >= 4 is 0 Å². The Balaban J connectivity index is 2.50. The number of ether oxygens (including phenoxy) is 3. The summed E-state index contributed by atoms with van der Waals surface area (Å²) < 4.78 is 57.8. The predicted octanol–water partition coefficient (Wildman–Crippen LogP) is 8.87. The molecule has 0 aliphatic heterocycles. The summed E-state index contributed by atoms with van der Waals surface area (Å²) in [4.78, 5) is 0. The van der Waals surface area contributed by atoms with Gasteiger partial charge < -0.3 is 14.2 Å². The van der Waals surface area contributed by atoms with E-state index in [2.05, 4.69) is 6.92 Å². The van der Waals surface area contributed by atoms with E-state index in [9.17, 15) is 13.2 Å². The maximum Gasteiger partial charge on any atom is 0.272 e. The summed E-state index contributed by atoms with van der Waals surface area (Å²) >= 11 is 0. The first-order valence-corrected chi connectivity index (χ1v) is 13.3. The van der Waals surface area contributed by atoms with Crippen LogP contribution >= 0.6 is 0 Å². The molecule has 198 valence electrons. The summed E-state index contributed by atoms with van der Waals surface area (Å²) in [7, 11) is 0. The minimum atomic E-state index is -1.41. The highest BCUT2D eigenvalue weighted by Crippen LogP contribution is 2.21. The molecular formula is C28H47F3O3. The van der Waals surface area contributed by atoms with Gasteiger partial charge in [-0.3, -0.25) is 0 Å². The van der Waals surface area contributed by atoms with Crippen molar-refractivity contribution in [2.24, 2.45) is 0 Å². The maximum atomic E-state index is 13.4. The van der Waals surface area contributed by atoms with E-state index in [1.165, 1.54) is 38.5 Å². The third kappa shape index (κ3) is 14.3. The molecule has 3 nitrogen and oxygen atoms in total. The van der Waals surface area contributed by atoms with Gasteiger partial charge in [0.15, 0.2) is 17.5 Å². The lowest BCUT2D eigenvalue weighted by Crippen LogP contribution is -2.31. The first-order valence-electron chi connectivity index (χ1n) is 13.3. The number of aryl methyl sites for hydroxylation is 1. The van der Waals surface area contributed by atoms with Crippen molar-refractivity contribution in [3.05, 3.63) is 35.1 Å². The van der Waals surface area contributed by atoms with Crippen LogP contribution in [0.3, 0.4) is 0 Å². The Bertz CT molecular complexity index is 619. The average molecular weight is 489 g/mol. The first-order chi connectivity index (χ1) is 16.2. The topological polar surface area (TPSA) is 27.7 Å². The Morgan fingerprint density at radius 3 is 1.62 bits per heavy atom. The van der Waals surface area contributed by atoms with Crippen LogP contribution in [0.2, 0.25) is 0 Å². The molecule has 0 radical (unpaired) electrons. The third-order valence-electron chi connectivity index (χ3n) is 5.73. The Morgan fingerprint density at radius 1 is 0.647 bits per heavy atom. The summed E-state index contributed by atoms with van der Waals surface area (Å²) in [6.45, 7) is 9.41. The van der Waals surface area contributed by atoms with Crippen LogP contribution in [0.15, 0.2) is 12.1 Å². The van der Waals surface area contributed by atoms with Crippen molar-refractivity contribution < 1.29 is 27.4 Å². The van der Waals surface area contributed by atoms with Crippen molar-refractivity contribution in [2.75, 3.05) is 0 Å². The Morgan fingerprint density at radius 2 is 1.12 bits per heavy atom. The zero-order valence-corrected chi connectivity index (χ0v) is 22.0. The number of hydrogen-bond acceptors (Lipinski definition) is 3. The summed E-state index contributed by atoms with van der Waals surface area (Å²) in [5.74, 6) is -3.66. The van der Waals surface area contributed by atoms with Crippen molar-refractivity contribution in [2.45, 2.75) is 143 Å². The van der Waals surface area contributed by atoms with Crippen LogP contribution in [0, 0.1) is 17.5 Å². The highest BCUT2D eigenvalue weighted by molar-refractivity contribution is 5.19.